The van der Waals surface area contributed by atoms with E-state index in [1.54, 1.807) is 23.1 Å². The number of likely N-dealkylation sites (tertiary alicyclic amines) is 1. The van der Waals surface area contributed by atoms with Gasteiger partial charge in [0.1, 0.15) is 6.61 Å². The number of hydrogen-bond donors (Lipinski definition) is 2. The lowest BCUT2D eigenvalue weighted by Gasteiger charge is -2.23. The predicted molar refractivity (Wildman–Crippen MR) is 76.6 cm³/mol. The molecule has 1 amide bonds. The van der Waals surface area contributed by atoms with Crippen molar-refractivity contribution in [1.82, 2.24) is 4.90 Å². The molecule has 1 heterocycles. The zero-order chi connectivity index (χ0) is 14.5. The van der Waals surface area contributed by atoms with E-state index in [1.807, 2.05) is 0 Å². The number of aliphatic hydroxyl groups excluding tert-OH is 2. The number of nitrogens with zero attached hydrogens (tertiary/aromatic N) is 1. The molecule has 106 valence electrons. The second-order valence-corrected chi connectivity index (χ2v) is 5.04. The number of carbonyl (C=O) groups is 1. The molecule has 2 rings (SSSR count). The highest BCUT2D eigenvalue weighted by atomic mass is 35.5. The van der Waals surface area contributed by atoms with E-state index in [9.17, 15) is 9.90 Å². The summed E-state index contributed by atoms with van der Waals surface area (Å²) in [6, 6.07) is 4.82. The Bertz CT molecular complexity index is 562. The van der Waals surface area contributed by atoms with Gasteiger partial charge in [-0.05, 0) is 31.0 Å². The van der Waals surface area contributed by atoms with Crippen LogP contribution < -0.4 is 0 Å². The van der Waals surface area contributed by atoms with Crippen LogP contribution in [0.1, 0.15) is 28.8 Å². The first-order valence-corrected chi connectivity index (χ1v) is 6.86. The van der Waals surface area contributed by atoms with Crippen LogP contribution in [0.5, 0.6) is 0 Å². The Morgan fingerprint density at radius 2 is 2.25 bits per heavy atom. The fourth-order valence-corrected chi connectivity index (χ4v) is 2.57. The summed E-state index contributed by atoms with van der Waals surface area (Å²) in [6.07, 6.45) is 1.74. The smallest absolute Gasteiger partial charge is 0.254 e. The third kappa shape index (κ3) is 3.13. The van der Waals surface area contributed by atoms with E-state index in [0.29, 0.717) is 22.7 Å². The van der Waals surface area contributed by atoms with Crippen LogP contribution in [0.15, 0.2) is 18.2 Å². The highest BCUT2D eigenvalue weighted by molar-refractivity contribution is 6.32. The average molecular weight is 294 g/mol. The maximum absolute atomic E-state index is 12.4. The van der Waals surface area contributed by atoms with Gasteiger partial charge < -0.3 is 15.1 Å². The quantitative estimate of drug-likeness (QED) is 0.808. The van der Waals surface area contributed by atoms with Gasteiger partial charge in [-0.15, -0.1) is 0 Å². The Balaban J connectivity index is 2.21. The van der Waals surface area contributed by atoms with Gasteiger partial charge in [0, 0.05) is 17.7 Å². The van der Waals surface area contributed by atoms with Gasteiger partial charge in [-0.1, -0.05) is 23.4 Å². The maximum atomic E-state index is 12.4. The number of benzene rings is 1. The average Bonchev–Trinajstić information content (AvgIpc) is 2.93. The van der Waals surface area contributed by atoms with Crippen LogP contribution >= 0.6 is 11.6 Å². The Hall–Kier alpha value is -1.54. The number of rotatable bonds is 2. The van der Waals surface area contributed by atoms with Gasteiger partial charge in [-0.2, -0.15) is 0 Å². The Kier molecular flexibility index (Phi) is 5.02. The number of carbonyl (C=O) groups excluding carboxylic acids is 1. The van der Waals surface area contributed by atoms with Crippen LogP contribution in [-0.4, -0.2) is 46.8 Å². The van der Waals surface area contributed by atoms with Crippen LogP contribution in [0.4, 0.5) is 0 Å². The second-order valence-electron chi connectivity index (χ2n) is 4.63. The Morgan fingerprint density at radius 3 is 2.90 bits per heavy atom. The minimum absolute atomic E-state index is 0.0144. The fourth-order valence-electron chi connectivity index (χ4n) is 2.34. The minimum Gasteiger partial charge on any atom is -0.394 e. The van der Waals surface area contributed by atoms with E-state index >= 15 is 0 Å². The number of hydrogen-bond acceptors (Lipinski definition) is 3. The van der Waals surface area contributed by atoms with Crippen molar-refractivity contribution in [2.75, 3.05) is 19.8 Å². The fraction of sp³-hybridized carbons (Fsp3) is 0.400. The van der Waals surface area contributed by atoms with E-state index in [0.717, 1.165) is 12.8 Å². The first kappa shape index (κ1) is 14.9. The molecule has 1 fully saturated rings. The molecule has 0 aromatic heterocycles. The lowest BCUT2D eigenvalue weighted by atomic mass is 10.1. The summed E-state index contributed by atoms with van der Waals surface area (Å²) in [4.78, 5) is 14.1. The van der Waals surface area contributed by atoms with Crippen LogP contribution in [0.3, 0.4) is 0 Å². The Morgan fingerprint density at radius 1 is 1.45 bits per heavy atom. The number of halogens is 1. The van der Waals surface area contributed by atoms with Crippen molar-refractivity contribution in [3.05, 3.63) is 34.3 Å². The number of amides is 1. The maximum Gasteiger partial charge on any atom is 0.254 e. The van der Waals surface area contributed by atoms with Crippen molar-refractivity contribution in [3.63, 3.8) is 0 Å². The van der Waals surface area contributed by atoms with Crippen molar-refractivity contribution in [2.45, 2.75) is 18.9 Å². The summed E-state index contributed by atoms with van der Waals surface area (Å²) in [7, 11) is 0. The van der Waals surface area contributed by atoms with Gasteiger partial charge >= 0.3 is 0 Å². The second kappa shape index (κ2) is 6.76. The highest BCUT2D eigenvalue weighted by Gasteiger charge is 2.28. The van der Waals surface area contributed by atoms with E-state index < -0.39 is 0 Å². The molecule has 1 aromatic carbocycles. The van der Waals surface area contributed by atoms with Crippen molar-refractivity contribution < 1.29 is 15.0 Å². The van der Waals surface area contributed by atoms with Crippen LogP contribution in [0.25, 0.3) is 0 Å². The first-order valence-electron chi connectivity index (χ1n) is 6.48. The largest absolute Gasteiger partial charge is 0.394 e. The summed E-state index contributed by atoms with van der Waals surface area (Å²) < 4.78 is 0. The molecule has 0 spiro atoms. The lowest BCUT2D eigenvalue weighted by Crippen LogP contribution is -2.37. The third-order valence-corrected chi connectivity index (χ3v) is 3.68. The van der Waals surface area contributed by atoms with Gasteiger partial charge in [-0.3, -0.25) is 4.79 Å². The van der Waals surface area contributed by atoms with Crippen LogP contribution in [0.2, 0.25) is 5.02 Å². The molecule has 1 aromatic rings. The minimum atomic E-state index is -0.233. The van der Waals surface area contributed by atoms with E-state index in [4.69, 9.17) is 16.7 Å². The van der Waals surface area contributed by atoms with Gasteiger partial charge in [0.05, 0.1) is 17.7 Å². The van der Waals surface area contributed by atoms with Gasteiger partial charge in [0.2, 0.25) is 0 Å². The molecule has 0 radical (unpaired) electrons. The zero-order valence-electron chi connectivity index (χ0n) is 11.0. The van der Waals surface area contributed by atoms with E-state index in [-0.39, 0.29) is 25.2 Å². The SMILES string of the molecule is O=C(c1ccc(C#CCO)c(Cl)c1)N1CCCC1CO. The Labute approximate surface area is 123 Å². The number of aliphatic hydroxyl groups is 2. The molecule has 5 heteroatoms. The molecular weight excluding hydrogens is 278 g/mol. The molecule has 0 aliphatic carbocycles. The lowest BCUT2D eigenvalue weighted by molar-refractivity contribution is 0.0677. The highest BCUT2D eigenvalue weighted by Crippen LogP contribution is 2.22. The standard InChI is InChI=1S/C15H16ClNO3/c16-14-9-12(6-5-11(14)3-2-8-18)15(20)17-7-1-4-13(17)10-19/h5-6,9,13,18-19H,1,4,7-8,10H2. The summed E-state index contributed by atoms with van der Waals surface area (Å²) in [5, 5.41) is 18.3. The molecule has 1 aliphatic heterocycles. The molecule has 2 N–H and O–H groups in total. The third-order valence-electron chi connectivity index (χ3n) is 3.37. The molecule has 0 bridgehead atoms. The van der Waals surface area contributed by atoms with Gasteiger partial charge in [0.25, 0.3) is 5.91 Å². The molecule has 1 atom stereocenters. The van der Waals surface area contributed by atoms with Gasteiger partial charge in [-0.25, -0.2) is 0 Å². The summed E-state index contributed by atoms with van der Waals surface area (Å²) in [5.74, 6) is 5.12. The summed E-state index contributed by atoms with van der Waals surface area (Å²) in [5.41, 5.74) is 1.07. The summed E-state index contributed by atoms with van der Waals surface area (Å²) in [6.45, 7) is 0.413. The van der Waals surface area contributed by atoms with Crippen LogP contribution in [0, 0.1) is 11.8 Å². The van der Waals surface area contributed by atoms with Crippen molar-refractivity contribution in [3.8, 4) is 11.8 Å². The van der Waals surface area contributed by atoms with E-state index in [2.05, 4.69) is 11.8 Å². The molecule has 1 aliphatic rings. The predicted octanol–water partition coefficient (Wildman–Crippen LogP) is 1.28. The van der Waals surface area contributed by atoms with E-state index in [1.165, 1.54) is 0 Å². The van der Waals surface area contributed by atoms with Crippen molar-refractivity contribution >= 4 is 17.5 Å². The zero-order valence-corrected chi connectivity index (χ0v) is 11.7. The molecule has 1 saturated heterocycles. The monoisotopic (exact) mass is 293 g/mol. The molecule has 4 nitrogen and oxygen atoms in total. The molecule has 0 saturated carbocycles. The molecule has 1 unspecified atom stereocenters. The van der Waals surface area contributed by atoms with Crippen LogP contribution in [-0.2, 0) is 0 Å². The first-order chi connectivity index (χ1) is 9.67. The van der Waals surface area contributed by atoms with Crippen molar-refractivity contribution in [2.24, 2.45) is 0 Å². The van der Waals surface area contributed by atoms with Gasteiger partial charge in [0.15, 0.2) is 0 Å². The molecule has 20 heavy (non-hydrogen) atoms. The molecular formula is C15H16ClNO3. The normalized spacial score (nSPS) is 17.8. The topological polar surface area (TPSA) is 60.8 Å². The van der Waals surface area contributed by atoms with Crippen molar-refractivity contribution in [1.29, 1.82) is 0 Å². The summed E-state index contributed by atoms with van der Waals surface area (Å²) >= 11 is 6.08.